The van der Waals surface area contributed by atoms with Gasteiger partial charge >= 0.3 is 0 Å². The summed E-state index contributed by atoms with van der Waals surface area (Å²) in [5.41, 5.74) is -0.216. The van der Waals surface area contributed by atoms with E-state index in [9.17, 15) is 4.79 Å². The van der Waals surface area contributed by atoms with Gasteiger partial charge in [-0.3, -0.25) is 4.79 Å². The fourth-order valence-electron chi connectivity index (χ4n) is 3.80. The van der Waals surface area contributed by atoms with Crippen molar-refractivity contribution in [2.24, 2.45) is 11.3 Å². The van der Waals surface area contributed by atoms with E-state index in [0.29, 0.717) is 17.9 Å². The molecule has 0 bridgehead atoms. The molecule has 1 N–H and O–H groups in total. The number of hydrogen-bond acceptors (Lipinski definition) is 2. The molecule has 110 valence electrons. The van der Waals surface area contributed by atoms with Crippen molar-refractivity contribution in [3.8, 4) is 0 Å². The maximum atomic E-state index is 13.0. The van der Waals surface area contributed by atoms with E-state index in [0.717, 1.165) is 19.6 Å². The molecule has 1 aliphatic heterocycles. The molecule has 0 radical (unpaired) electrons. The van der Waals surface area contributed by atoms with Gasteiger partial charge in [-0.15, -0.1) is 0 Å². The summed E-state index contributed by atoms with van der Waals surface area (Å²) in [6.07, 6.45) is 7.39. The molecule has 3 nitrogen and oxygen atoms in total. The number of nitrogens with zero attached hydrogens (tertiary/aromatic N) is 1. The fourth-order valence-corrected chi connectivity index (χ4v) is 3.80. The minimum atomic E-state index is -0.216. The largest absolute Gasteiger partial charge is 0.340 e. The van der Waals surface area contributed by atoms with E-state index in [1.807, 2.05) is 0 Å². The van der Waals surface area contributed by atoms with E-state index in [4.69, 9.17) is 0 Å². The molecule has 1 amide bonds. The van der Waals surface area contributed by atoms with Gasteiger partial charge in [0, 0.05) is 18.0 Å². The molecule has 0 aromatic rings. The smallest absolute Gasteiger partial charge is 0.228 e. The second-order valence-electron chi connectivity index (χ2n) is 6.79. The van der Waals surface area contributed by atoms with Gasteiger partial charge in [-0.05, 0) is 51.6 Å². The van der Waals surface area contributed by atoms with Crippen LogP contribution in [0.15, 0.2) is 0 Å². The van der Waals surface area contributed by atoms with Crippen LogP contribution in [-0.2, 0) is 4.79 Å². The minimum absolute atomic E-state index is 0.216. The Labute approximate surface area is 118 Å². The summed E-state index contributed by atoms with van der Waals surface area (Å²) in [7, 11) is 0. The summed E-state index contributed by atoms with van der Waals surface area (Å²) < 4.78 is 0. The van der Waals surface area contributed by atoms with Crippen LogP contribution in [0.4, 0.5) is 0 Å². The molecule has 19 heavy (non-hydrogen) atoms. The van der Waals surface area contributed by atoms with Crippen LogP contribution in [-0.4, -0.2) is 36.5 Å². The first-order valence-electron chi connectivity index (χ1n) is 8.09. The van der Waals surface area contributed by atoms with E-state index < -0.39 is 0 Å². The van der Waals surface area contributed by atoms with Gasteiger partial charge in [-0.25, -0.2) is 0 Å². The number of amides is 1. The first-order chi connectivity index (χ1) is 9.07. The summed E-state index contributed by atoms with van der Waals surface area (Å²) >= 11 is 0. The lowest BCUT2D eigenvalue weighted by molar-refractivity contribution is -0.146. The molecule has 0 aromatic carbocycles. The van der Waals surface area contributed by atoms with Gasteiger partial charge in [0.05, 0.1) is 0 Å². The molecule has 0 aromatic heterocycles. The third-order valence-corrected chi connectivity index (χ3v) is 5.24. The van der Waals surface area contributed by atoms with Gasteiger partial charge in [0.1, 0.15) is 0 Å². The topological polar surface area (TPSA) is 32.3 Å². The van der Waals surface area contributed by atoms with Crippen LogP contribution in [0.5, 0.6) is 0 Å². The second-order valence-corrected chi connectivity index (χ2v) is 6.79. The maximum absolute atomic E-state index is 13.0. The van der Waals surface area contributed by atoms with Gasteiger partial charge in [0.15, 0.2) is 0 Å². The molecular weight excluding hydrogens is 236 g/mol. The Morgan fingerprint density at radius 1 is 1.21 bits per heavy atom. The monoisotopic (exact) mass is 266 g/mol. The van der Waals surface area contributed by atoms with Crippen LogP contribution in [0, 0.1) is 11.3 Å². The maximum Gasteiger partial charge on any atom is 0.228 e. The van der Waals surface area contributed by atoms with Gasteiger partial charge in [0.2, 0.25) is 5.91 Å². The van der Waals surface area contributed by atoms with Crippen molar-refractivity contribution < 1.29 is 4.79 Å². The fraction of sp³-hybridized carbons (Fsp3) is 0.938. The van der Waals surface area contributed by atoms with Crippen molar-refractivity contribution in [2.45, 2.75) is 65.3 Å². The average molecular weight is 266 g/mol. The van der Waals surface area contributed by atoms with Crippen molar-refractivity contribution in [3.05, 3.63) is 0 Å². The Morgan fingerprint density at radius 3 is 2.42 bits per heavy atom. The summed E-state index contributed by atoms with van der Waals surface area (Å²) in [6.45, 7) is 9.43. The van der Waals surface area contributed by atoms with Gasteiger partial charge in [-0.2, -0.15) is 0 Å². The second kappa shape index (κ2) is 6.25. The normalized spacial score (nSPS) is 25.5. The van der Waals surface area contributed by atoms with E-state index in [-0.39, 0.29) is 5.41 Å². The molecule has 1 unspecified atom stereocenters. The molecule has 1 aliphatic carbocycles. The predicted molar refractivity (Wildman–Crippen MR) is 79.0 cm³/mol. The van der Waals surface area contributed by atoms with E-state index in [2.05, 4.69) is 31.0 Å². The number of piperidine rings is 1. The average Bonchev–Trinajstić information content (AvgIpc) is 2.94. The lowest BCUT2D eigenvalue weighted by atomic mass is 9.73. The molecule has 3 heteroatoms. The summed E-state index contributed by atoms with van der Waals surface area (Å²) in [5, 5.41) is 3.45. The van der Waals surface area contributed by atoms with Gasteiger partial charge in [0.25, 0.3) is 0 Å². The third-order valence-electron chi connectivity index (χ3n) is 5.24. The molecule has 1 atom stereocenters. The van der Waals surface area contributed by atoms with Gasteiger partial charge in [-0.1, -0.05) is 26.7 Å². The Bertz CT molecular complexity index is 302. The number of rotatable bonds is 4. The minimum Gasteiger partial charge on any atom is -0.340 e. The van der Waals surface area contributed by atoms with Gasteiger partial charge < -0.3 is 10.2 Å². The van der Waals surface area contributed by atoms with Crippen molar-refractivity contribution in [3.63, 3.8) is 0 Å². The molecule has 1 saturated carbocycles. The molecule has 1 heterocycles. The van der Waals surface area contributed by atoms with Crippen molar-refractivity contribution in [1.29, 1.82) is 0 Å². The third kappa shape index (κ3) is 3.13. The molecule has 2 fully saturated rings. The van der Waals surface area contributed by atoms with E-state index >= 15 is 0 Å². The molecular formula is C16H30N2O. The highest BCUT2D eigenvalue weighted by Crippen LogP contribution is 2.36. The summed E-state index contributed by atoms with van der Waals surface area (Å²) in [4.78, 5) is 15.1. The Kier molecular flexibility index (Phi) is 4.88. The molecule has 2 aliphatic rings. The Balaban J connectivity index is 2.05. The lowest BCUT2D eigenvalue weighted by Gasteiger charge is -2.41. The van der Waals surface area contributed by atoms with Crippen LogP contribution < -0.4 is 5.32 Å². The molecule has 0 spiro atoms. The zero-order valence-electron chi connectivity index (χ0n) is 12.9. The highest BCUT2D eigenvalue weighted by molar-refractivity contribution is 5.82. The first kappa shape index (κ1) is 14.8. The number of nitrogens with one attached hydrogen (secondary N) is 1. The van der Waals surface area contributed by atoms with E-state index in [1.54, 1.807) is 0 Å². The SMILES string of the molecule is CCN(C(=O)C(C)(C)C1CCCNC1)C1CCCC1. The number of carbonyl (C=O) groups is 1. The van der Waals surface area contributed by atoms with Crippen LogP contribution in [0.25, 0.3) is 0 Å². The zero-order valence-corrected chi connectivity index (χ0v) is 12.9. The highest BCUT2D eigenvalue weighted by Gasteiger charge is 2.41. The Hall–Kier alpha value is -0.570. The number of hydrogen-bond donors (Lipinski definition) is 1. The quantitative estimate of drug-likeness (QED) is 0.848. The van der Waals surface area contributed by atoms with E-state index in [1.165, 1.54) is 38.5 Å². The highest BCUT2D eigenvalue weighted by atomic mass is 16.2. The van der Waals surface area contributed by atoms with Crippen LogP contribution >= 0.6 is 0 Å². The van der Waals surface area contributed by atoms with Crippen molar-refractivity contribution in [2.75, 3.05) is 19.6 Å². The number of carbonyl (C=O) groups excluding carboxylic acids is 1. The Morgan fingerprint density at radius 2 is 1.89 bits per heavy atom. The van der Waals surface area contributed by atoms with Crippen LogP contribution in [0.2, 0.25) is 0 Å². The summed E-state index contributed by atoms with van der Waals surface area (Å²) in [6, 6.07) is 0.508. The molecule has 2 rings (SSSR count). The standard InChI is InChI=1S/C16H30N2O/c1-4-18(14-9-5-6-10-14)15(19)16(2,3)13-8-7-11-17-12-13/h13-14,17H,4-12H2,1-3H3. The van der Waals surface area contributed by atoms with Crippen molar-refractivity contribution >= 4 is 5.91 Å². The van der Waals surface area contributed by atoms with Crippen LogP contribution in [0.1, 0.15) is 59.3 Å². The first-order valence-corrected chi connectivity index (χ1v) is 8.09. The lowest BCUT2D eigenvalue weighted by Crippen LogP contribution is -2.51. The van der Waals surface area contributed by atoms with Crippen LogP contribution in [0.3, 0.4) is 0 Å². The predicted octanol–water partition coefficient (Wildman–Crippen LogP) is 2.80. The molecule has 1 saturated heterocycles. The summed E-state index contributed by atoms with van der Waals surface area (Å²) in [5.74, 6) is 0.875. The van der Waals surface area contributed by atoms with Crippen molar-refractivity contribution in [1.82, 2.24) is 10.2 Å². The zero-order chi connectivity index (χ0) is 13.9.